The molecule has 0 spiro atoms. The second kappa shape index (κ2) is 5.11. The maximum absolute atomic E-state index is 12.5. The topological polar surface area (TPSA) is 78.7 Å². The van der Waals surface area contributed by atoms with Crippen LogP contribution in [-0.2, 0) is 0 Å². The molecule has 0 radical (unpaired) electrons. The van der Waals surface area contributed by atoms with E-state index in [1.165, 1.54) is 12.1 Å². The molecule has 6 nitrogen and oxygen atoms in total. The molecule has 0 atom stereocenters. The van der Waals surface area contributed by atoms with Crippen molar-refractivity contribution in [1.29, 1.82) is 0 Å². The molecule has 6 heteroatoms. The van der Waals surface area contributed by atoms with Crippen LogP contribution in [0.3, 0.4) is 0 Å². The molecule has 0 aromatic heterocycles. The van der Waals surface area contributed by atoms with E-state index < -0.39 is 4.92 Å². The number of ether oxygens (including phenoxy) is 2. The standard InChI is InChI=1S/C14H15NO5/c16-14(9-4-2-1-3-5-9)10-6-12-13(20-8-19-12)7-11(10)15(17)18/h6-7,9H,1-5,8H2. The Hall–Kier alpha value is -2.11. The van der Waals surface area contributed by atoms with Crippen LogP contribution in [0.5, 0.6) is 11.5 Å². The van der Waals surface area contributed by atoms with Crippen molar-refractivity contribution in [3.05, 3.63) is 27.8 Å². The van der Waals surface area contributed by atoms with Crippen LogP contribution in [0.2, 0.25) is 0 Å². The molecule has 1 aromatic rings. The highest BCUT2D eigenvalue weighted by atomic mass is 16.7. The van der Waals surface area contributed by atoms with Gasteiger partial charge in [0.2, 0.25) is 6.79 Å². The third kappa shape index (κ3) is 2.21. The zero-order valence-electron chi connectivity index (χ0n) is 11.0. The lowest BCUT2D eigenvalue weighted by Crippen LogP contribution is -2.19. The van der Waals surface area contributed by atoms with Gasteiger partial charge in [-0.05, 0) is 12.8 Å². The van der Waals surface area contributed by atoms with E-state index in [1.807, 2.05) is 0 Å². The lowest BCUT2D eigenvalue weighted by atomic mass is 9.83. The Morgan fingerprint density at radius 1 is 1.15 bits per heavy atom. The summed E-state index contributed by atoms with van der Waals surface area (Å²) in [6.45, 7) is 0.0353. The van der Waals surface area contributed by atoms with Crippen LogP contribution in [0.4, 0.5) is 5.69 Å². The van der Waals surface area contributed by atoms with Gasteiger partial charge in [0.1, 0.15) is 0 Å². The van der Waals surface area contributed by atoms with Gasteiger partial charge in [-0.1, -0.05) is 19.3 Å². The minimum absolute atomic E-state index is 0.0353. The number of nitro benzene ring substituents is 1. The summed E-state index contributed by atoms with van der Waals surface area (Å²) in [5, 5.41) is 11.2. The third-order valence-electron chi connectivity index (χ3n) is 3.93. The lowest BCUT2D eigenvalue weighted by molar-refractivity contribution is -0.385. The minimum Gasteiger partial charge on any atom is -0.454 e. The number of carbonyl (C=O) groups is 1. The number of Topliss-reactive ketones (excluding diaryl/α,β-unsaturated/α-hetero) is 1. The summed E-state index contributed by atoms with van der Waals surface area (Å²) < 4.78 is 10.3. The first kappa shape index (κ1) is 12.9. The van der Waals surface area contributed by atoms with Crippen molar-refractivity contribution in [3.63, 3.8) is 0 Å². The number of fused-ring (bicyclic) bond motifs is 1. The van der Waals surface area contributed by atoms with Crippen LogP contribution in [-0.4, -0.2) is 17.5 Å². The number of hydrogen-bond donors (Lipinski definition) is 0. The number of hydrogen-bond acceptors (Lipinski definition) is 5. The summed E-state index contributed by atoms with van der Waals surface area (Å²) in [7, 11) is 0. The second-order valence-corrected chi connectivity index (χ2v) is 5.18. The Balaban J connectivity index is 1.98. The lowest BCUT2D eigenvalue weighted by Gasteiger charge is -2.20. The van der Waals surface area contributed by atoms with Crippen molar-refractivity contribution in [2.24, 2.45) is 5.92 Å². The van der Waals surface area contributed by atoms with Crippen LogP contribution in [0.25, 0.3) is 0 Å². The Labute approximate surface area is 115 Å². The van der Waals surface area contributed by atoms with Gasteiger partial charge in [0.05, 0.1) is 16.6 Å². The van der Waals surface area contributed by atoms with Crippen molar-refractivity contribution < 1.29 is 19.2 Å². The summed E-state index contributed by atoms with van der Waals surface area (Å²) in [4.78, 5) is 23.2. The Morgan fingerprint density at radius 2 is 1.80 bits per heavy atom. The fourth-order valence-corrected chi connectivity index (χ4v) is 2.86. The minimum atomic E-state index is -0.530. The summed E-state index contributed by atoms with van der Waals surface area (Å²) in [5.74, 6) is 0.490. The molecule has 0 N–H and O–H groups in total. The number of rotatable bonds is 3. The predicted molar refractivity (Wildman–Crippen MR) is 70.1 cm³/mol. The maximum atomic E-state index is 12.5. The highest BCUT2D eigenvalue weighted by Crippen LogP contribution is 2.40. The van der Waals surface area contributed by atoms with E-state index in [0.29, 0.717) is 11.5 Å². The van der Waals surface area contributed by atoms with E-state index in [4.69, 9.17) is 9.47 Å². The number of benzene rings is 1. The Morgan fingerprint density at radius 3 is 2.45 bits per heavy atom. The first-order valence-corrected chi connectivity index (χ1v) is 6.79. The van der Waals surface area contributed by atoms with E-state index in [-0.39, 0.29) is 29.7 Å². The van der Waals surface area contributed by atoms with Gasteiger partial charge in [0, 0.05) is 12.0 Å². The van der Waals surface area contributed by atoms with E-state index >= 15 is 0 Å². The van der Waals surface area contributed by atoms with Gasteiger partial charge in [-0.3, -0.25) is 14.9 Å². The number of ketones is 1. The zero-order chi connectivity index (χ0) is 14.1. The number of carbonyl (C=O) groups excluding carboxylic acids is 1. The first-order valence-electron chi connectivity index (χ1n) is 6.79. The van der Waals surface area contributed by atoms with E-state index in [2.05, 4.69) is 0 Å². The molecule has 2 aliphatic rings. The van der Waals surface area contributed by atoms with Gasteiger partial charge in [-0.25, -0.2) is 0 Å². The predicted octanol–water partition coefficient (Wildman–Crippen LogP) is 3.09. The largest absolute Gasteiger partial charge is 0.454 e. The first-order chi connectivity index (χ1) is 9.66. The molecular formula is C14H15NO5. The van der Waals surface area contributed by atoms with E-state index in [1.54, 1.807) is 0 Å². The molecule has 1 heterocycles. The molecule has 0 bridgehead atoms. The van der Waals surface area contributed by atoms with Gasteiger partial charge < -0.3 is 9.47 Å². The normalized spacial score (nSPS) is 18.0. The van der Waals surface area contributed by atoms with Crippen LogP contribution >= 0.6 is 0 Å². The average Bonchev–Trinajstić information content (AvgIpc) is 2.93. The van der Waals surface area contributed by atoms with Gasteiger partial charge in [0.15, 0.2) is 17.3 Å². The fraction of sp³-hybridized carbons (Fsp3) is 0.500. The Bertz CT molecular complexity index is 563. The van der Waals surface area contributed by atoms with Crippen LogP contribution in [0.15, 0.2) is 12.1 Å². The molecule has 1 fully saturated rings. The van der Waals surface area contributed by atoms with Crippen molar-refractivity contribution >= 4 is 11.5 Å². The highest BCUT2D eigenvalue weighted by Gasteiger charge is 2.31. The summed E-state index contributed by atoms with van der Waals surface area (Å²) in [6.07, 6.45) is 4.77. The summed E-state index contributed by atoms with van der Waals surface area (Å²) in [5.41, 5.74) is -0.0454. The molecule has 20 heavy (non-hydrogen) atoms. The van der Waals surface area contributed by atoms with Crippen molar-refractivity contribution in [3.8, 4) is 11.5 Å². The maximum Gasteiger partial charge on any atom is 0.284 e. The SMILES string of the molecule is O=C(c1cc2c(cc1[N+](=O)[O-])OCO2)C1CCCCC1. The monoisotopic (exact) mass is 277 g/mol. The van der Waals surface area contributed by atoms with Crippen molar-refractivity contribution in [1.82, 2.24) is 0 Å². The average molecular weight is 277 g/mol. The molecule has 106 valence electrons. The van der Waals surface area contributed by atoms with Gasteiger partial charge in [-0.2, -0.15) is 0 Å². The fourth-order valence-electron chi connectivity index (χ4n) is 2.86. The van der Waals surface area contributed by atoms with E-state index in [0.717, 1.165) is 32.1 Å². The van der Waals surface area contributed by atoms with Gasteiger partial charge >= 0.3 is 0 Å². The number of nitro groups is 1. The van der Waals surface area contributed by atoms with Crippen molar-refractivity contribution in [2.45, 2.75) is 32.1 Å². The summed E-state index contributed by atoms with van der Waals surface area (Å²) in [6, 6.07) is 2.75. The smallest absolute Gasteiger partial charge is 0.284 e. The van der Waals surface area contributed by atoms with Crippen LogP contribution < -0.4 is 9.47 Å². The Kier molecular flexibility index (Phi) is 3.30. The van der Waals surface area contributed by atoms with Crippen molar-refractivity contribution in [2.75, 3.05) is 6.79 Å². The molecule has 1 aliphatic heterocycles. The molecule has 1 aromatic carbocycles. The zero-order valence-corrected chi connectivity index (χ0v) is 11.0. The molecule has 0 saturated heterocycles. The van der Waals surface area contributed by atoms with E-state index in [9.17, 15) is 14.9 Å². The highest BCUT2D eigenvalue weighted by molar-refractivity contribution is 6.02. The molecule has 0 unspecified atom stereocenters. The molecule has 3 rings (SSSR count). The molecule has 1 saturated carbocycles. The molecule has 1 aliphatic carbocycles. The van der Waals surface area contributed by atoms with Crippen LogP contribution in [0, 0.1) is 16.0 Å². The van der Waals surface area contributed by atoms with Gasteiger partial charge in [-0.15, -0.1) is 0 Å². The molecular weight excluding hydrogens is 262 g/mol. The number of nitrogens with zero attached hydrogens (tertiary/aromatic N) is 1. The molecule has 0 amide bonds. The van der Waals surface area contributed by atoms with Crippen LogP contribution in [0.1, 0.15) is 42.5 Å². The second-order valence-electron chi connectivity index (χ2n) is 5.18. The quantitative estimate of drug-likeness (QED) is 0.482. The third-order valence-corrected chi connectivity index (χ3v) is 3.93. The van der Waals surface area contributed by atoms with Gasteiger partial charge in [0.25, 0.3) is 5.69 Å². The summed E-state index contributed by atoms with van der Waals surface area (Å²) >= 11 is 0.